The number of halogens is 1. The molecule has 3 heterocycles. The second-order valence-corrected chi connectivity index (χ2v) is 7.21. The van der Waals surface area contributed by atoms with Crippen molar-refractivity contribution in [1.82, 2.24) is 15.1 Å². The van der Waals surface area contributed by atoms with E-state index in [0.29, 0.717) is 51.0 Å². The number of aryl methyl sites for hydroxylation is 1. The van der Waals surface area contributed by atoms with Crippen molar-refractivity contribution >= 4 is 11.9 Å². The van der Waals surface area contributed by atoms with Crippen LogP contribution >= 0.6 is 0 Å². The van der Waals surface area contributed by atoms with E-state index < -0.39 is 11.3 Å². The van der Waals surface area contributed by atoms with Gasteiger partial charge in [-0.15, -0.1) is 5.10 Å². The molecule has 2 saturated heterocycles. The van der Waals surface area contributed by atoms with Crippen LogP contribution in [-0.4, -0.2) is 65.1 Å². The Kier molecular flexibility index (Phi) is 3.74. The molecule has 4 rings (SSSR count). The molecule has 1 spiro atoms. The average Bonchev–Trinajstić information content (AvgIpc) is 2.98. The van der Waals surface area contributed by atoms with Gasteiger partial charge in [0.05, 0.1) is 19.7 Å². The Morgan fingerprint density at radius 2 is 2.00 bits per heavy atom. The van der Waals surface area contributed by atoms with Crippen LogP contribution < -0.4 is 4.90 Å². The van der Waals surface area contributed by atoms with Crippen LogP contribution in [0.5, 0.6) is 0 Å². The first-order chi connectivity index (χ1) is 11.5. The van der Waals surface area contributed by atoms with Crippen molar-refractivity contribution < 1.29 is 18.3 Å². The lowest BCUT2D eigenvalue weighted by Crippen LogP contribution is -2.63. The number of amides is 1. The van der Waals surface area contributed by atoms with E-state index in [1.807, 2.05) is 4.90 Å². The SMILES string of the molecule is Cc1nnc(N2CCCC3(CN(C(=O)C4(F)CCC4)CCO3)C2)o1. The normalized spacial score (nSPS) is 29.6. The van der Waals surface area contributed by atoms with Gasteiger partial charge in [0.2, 0.25) is 5.89 Å². The average molecular weight is 338 g/mol. The zero-order valence-electron chi connectivity index (χ0n) is 14.0. The monoisotopic (exact) mass is 338 g/mol. The number of anilines is 1. The number of hydrogen-bond acceptors (Lipinski definition) is 6. The van der Waals surface area contributed by atoms with E-state index in [4.69, 9.17) is 9.15 Å². The number of carbonyl (C=O) groups is 1. The Balaban J connectivity index is 1.48. The lowest BCUT2D eigenvalue weighted by molar-refractivity contribution is -0.168. The summed E-state index contributed by atoms with van der Waals surface area (Å²) >= 11 is 0. The number of morpholine rings is 1. The third-order valence-corrected chi connectivity index (χ3v) is 5.39. The standard InChI is InChI=1S/C16H23FN4O3/c1-12-18-19-14(24-12)21-7-3-4-15(11-21)10-20(8-9-23-15)13(22)16(17)5-2-6-16/h2-11H2,1H3. The summed E-state index contributed by atoms with van der Waals surface area (Å²) in [6, 6.07) is 0.486. The van der Waals surface area contributed by atoms with E-state index in [-0.39, 0.29) is 5.91 Å². The molecule has 1 amide bonds. The van der Waals surface area contributed by atoms with E-state index in [1.54, 1.807) is 11.8 Å². The molecule has 0 radical (unpaired) electrons. The predicted octanol–water partition coefficient (Wildman–Crippen LogP) is 1.47. The van der Waals surface area contributed by atoms with Crippen LogP contribution in [0.3, 0.4) is 0 Å². The molecule has 2 aliphatic heterocycles. The van der Waals surface area contributed by atoms with Gasteiger partial charge >= 0.3 is 6.01 Å². The van der Waals surface area contributed by atoms with Crippen molar-refractivity contribution in [2.24, 2.45) is 0 Å². The summed E-state index contributed by atoms with van der Waals surface area (Å²) in [6.45, 7) is 4.49. The van der Waals surface area contributed by atoms with Gasteiger partial charge in [0.15, 0.2) is 5.67 Å². The van der Waals surface area contributed by atoms with E-state index in [0.717, 1.165) is 25.8 Å². The van der Waals surface area contributed by atoms with Gasteiger partial charge in [0, 0.05) is 20.0 Å². The van der Waals surface area contributed by atoms with Crippen LogP contribution in [0.25, 0.3) is 0 Å². The number of carbonyl (C=O) groups excluding carboxylic acids is 1. The highest BCUT2D eigenvalue weighted by Crippen LogP contribution is 2.39. The number of aromatic nitrogens is 2. The van der Waals surface area contributed by atoms with Gasteiger partial charge in [-0.25, -0.2) is 4.39 Å². The summed E-state index contributed by atoms with van der Waals surface area (Å²) in [6.07, 6.45) is 3.25. The first kappa shape index (κ1) is 15.8. The topological polar surface area (TPSA) is 71.7 Å². The number of nitrogens with zero attached hydrogens (tertiary/aromatic N) is 4. The predicted molar refractivity (Wildman–Crippen MR) is 83.4 cm³/mol. The van der Waals surface area contributed by atoms with Crippen molar-refractivity contribution in [2.75, 3.05) is 37.7 Å². The Bertz CT molecular complexity index is 629. The summed E-state index contributed by atoms with van der Waals surface area (Å²) in [5.41, 5.74) is -2.12. The van der Waals surface area contributed by atoms with Crippen LogP contribution in [0.4, 0.5) is 10.4 Å². The number of ether oxygens (including phenoxy) is 1. The molecule has 1 aromatic rings. The fourth-order valence-corrected chi connectivity index (χ4v) is 3.92. The zero-order chi connectivity index (χ0) is 16.8. The van der Waals surface area contributed by atoms with Gasteiger partial charge in [-0.2, -0.15) is 0 Å². The minimum Gasteiger partial charge on any atom is -0.408 e. The highest BCUT2D eigenvalue weighted by atomic mass is 19.1. The molecule has 1 atom stereocenters. The minimum atomic E-state index is -1.64. The molecule has 1 saturated carbocycles. The quantitative estimate of drug-likeness (QED) is 0.813. The van der Waals surface area contributed by atoms with Crippen LogP contribution in [0.2, 0.25) is 0 Å². The van der Waals surface area contributed by atoms with Gasteiger partial charge in [-0.05, 0) is 32.1 Å². The zero-order valence-corrected chi connectivity index (χ0v) is 14.0. The molecular formula is C16H23FN4O3. The first-order valence-electron chi connectivity index (χ1n) is 8.67. The smallest absolute Gasteiger partial charge is 0.318 e. The van der Waals surface area contributed by atoms with Gasteiger partial charge in [0.25, 0.3) is 5.91 Å². The highest BCUT2D eigenvalue weighted by Gasteiger charge is 2.50. The van der Waals surface area contributed by atoms with Crippen LogP contribution in [-0.2, 0) is 9.53 Å². The molecule has 0 N–H and O–H groups in total. The second kappa shape index (κ2) is 5.68. The van der Waals surface area contributed by atoms with E-state index in [1.165, 1.54) is 0 Å². The molecule has 1 aromatic heterocycles. The van der Waals surface area contributed by atoms with Gasteiger partial charge in [-0.1, -0.05) is 5.10 Å². The van der Waals surface area contributed by atoms with E-state index >= 15 is 0 Å². The number of alkyl halides is 1. The summed E-state index contributed by atoms with van der Waals surface area (Å²) in [4.78, 5) is 16.2. The molecule has 0 bridgehead atoms. The molecule has 132 valence electrons. The van der Waals surface area contributed by atoms with Gasteiger partial charge in [-0.3, -0.25) is 4.79 Å². The molecular weight excluding hydrogens is 315 g/mol. The largest absolute Gasteiger partial charge is 0.408 e. The Labute approximate surface area is 140 Å². The Morgan fingerprint density at radius 1 is 1.17 bits per heavy atom. The molecule has 24 heavy (non-hydrogen) atoms. The molecule has 8 heteroatoms. The van der Waals surface area contributed by atoms with Crippen molar-refractivity contribution in [1.29, 1.82) is 0 Å². The number of rotatable bonds is 2. The lowest BCUT2D eigenvalue weighted by atomic mass is 9.80. The third kappa shape index (κ3) is 2.66. The molecule has 3 aliphatic rings. The van der Waals surface area contributed by atoms with E-state index in [9.17, 15) is 9.18 Å². The van der Waals surface area contributed by atoms with Crippen LogP contribution in [0.1, 0.15) is 38.0 Å². The van der Waals surface area contributed by atoms with Crippen molar-refractivity contribution in [3.05, 3.63) is 5.89 Å². The van der Waals surface area contributed by atoms with Gasteiger partial charge < -0.3 is 19.0 Å². The third-order valence-electron chi connectivity index (χ3n) is 5.39. The van der Waals surface area contributed by atoms with Crippen LogP contribution in [0.15, 0.2) is 4.42 Å². The maximum Gasteiger partial charge on any atom is 0.318 e. The number of hydrogen-bond donors (Lipinski definition) is 0. The molecule has 1 unspecified atom stereocenters. The molecule has 0 aromatic carbocycles. The second-order valence-electron chi connectivity index (χ2n) is 7.21. The van der Waals surface area contributed by atoms with Gasteiger partial charge in [0.1, 0.15) is 5.60 Å². The van der Waals surface area contributed by atoms with E-state index in [2.05, 4.69) is 10.2 Å². The Hall–Kier alpha value is -1.70. The lowest BCUT2D eigenvalue weighted by Gasteiger charge is -2.49. The van der Waals surface area contributed by atoms with Crippen molar-refractivity contribution in [2.45, 2.75) is 50.3 Å². The maximum atomic E-state index is 14.5. The fourth-order valence-electron chi connectivity index (χ4n) is 3.92. The summed E-state index contributed by atoms with van der Waals surface area (Å²) < 4.78 is 26.1. The summed E-state index contributed by atoms with van der Waals surface area (Å²) in [5, 5.41) is 7.95. The minimum absolute atomic E-state index is 0.351. The van der Waals surface area contributed by atoms with Crippen LogP contribution in [0, 0.1) is 6.92 Å². The number of piperidine rings is 1. The molecule has 1 aliphatic carbocycles. The molecule has 3 fully saturated rings. The van der Waals surface area contributed by atoms with Crippen molar-refractivity contribution in [3.63, 3.8) is 0 Å². The van der Waals surface area contributed by atoms with Crippen molar-refractivity contribution in [3.8, 4) is 0 Å². The summed E-state index contributed by atoms with van der Waals surface area (Å²) in [5.74, 6) is 0.164. The fraction of sp³-hybridized carbons (Fsp3) is 0.812. The highest BCUT2D eigenvalue weighted by molar-refractivity contribution is 5.86. The Morgan fingerprint density at radius 3 is 2.67 bits per heavy atom. The summed E-state index contributed by atoms with van der Waals surface area (Å²) in [7, 11) is 0. The maximum absolute atomic E-state index is 14.5. The first-order valence-corrected chi connectivity index (χ1v) is 8.67. The molecule has 7 nitrogen and oxygen atoms in total.